The highest BCUT2D eigenvalue weighted by Gasteiger charge is 2.37. The molecule has 1 aromatic rings. The van der Waals surface area contributed by atoms with E-state index < -0.39 is 0 Å². The van der Waals surface area contributed by atoms with Crippen LogP contribution in [-0.2, 0) is 16.0 Å². The molecule has 0 saturated carbocycles. The van der Waals surface area contributed by atoms with Crippen LogP contribution < -0.4 is 4.90 Å². The normalized spacial score (nSPS) is 21.0. The Kier molecular flexibility index (Phi) is 4.42. The molecule has 0 aromatic heterocycles. The first-order valence-corrected chi connectivity index (χ1v) is 8.73. The first-order valence-electron chi connectivity index (χ1n) is 8.73. The number of hydrogen-bond donors (Lipinski definition) is 0. The summed E-state index contributed by atoms with van der Waals surface area (Å²) in [6, 6.07) is 6.47. The minimum atomic E-state index is -0.182. The third-order valence-electron chi connectivity index (χ3n) is 5.10. The van der Waals surface area contributed by atoms with Crippen molar-refractivity contribution in [3.63, 3.8) is 0 Å². The zero-order valence-corrected chi connectivity index (χ0v) is 14.3. The number of fused-ring (bicyclic) bond motifs is 1. The van der Waals surface area contributed by atoms with E-state index >= 15 is 0 Å². The predicted molar refractivity (Wildman–Crippen MR) is 91.6 cm³/mol. The average molecular weight is 314 g/mol. The lowest BCUT2D eigenvalue weighted by Crippen LogP contribution is -2.40. The predicted octanol–water partition coefficient (Wildman–Crippen LogP) is 2.96. The highest BCUT2D eigenvalue weighted by Crippen LogP contribution is 2.32. The highest BCUT2D eigenvalue weighted by atomic mass is 16.2. The summed E-state index contributed by atoms with van der Waals surface area (Å²) in [5.41, 5.74) is 3.65. The zero-order valence-electron chi connectivity index (χ0n) is 14.3. The van der Waals surface area contributed by atoms with Crippen LogP contribution in [0.15, 0.2) is 18.2 Å². The molecule has 4 nitrogen and oxygen atoms in total. The van der Waals surface area contributed by atoms with E-state index in [0.29, 0.717) is 25.4 Å². The lowest BCUT2D eigenvalue weighted by Gasteiger charge is -2.32. The Morgan fingerprint density at radius 3 is 2.78 bits per heavy atom. The molecule has 0 aliphatic carbocycles. The molecule has 124 valence electrons. The smallest absolute Gasteiger partial charge is 0.232 e. The molecule has 2 heterocycles. The fourth-order valence-corrected chi connectivity index (χ4v) is 3.67. The van der Waals surface area contributed by atoms with Gasteiger partial charge < -0.3 is 9.80 Å². The molecule has 1 saturated heterocycles. The number of hydrogen-bond acceptors (Lipinski definition) is 2. The lowest BCUT2D eigenvalue weighted by atomic mass is 9.94. The van der Waals surface area contributed by atoms with E-state index in [1.54, 1.807) is 4.90 Å². The van der Waals surface area contributed by atoms with Crippen molar-refractivity contribution in [2.75, 3.05) is 24.5 Å². The Morgan fingerprint density at radius 1 is 1.35 bits per heavy atom. The van der Waals surface area contributed by atoms with E-state index in [2.05, 4.69) is 32.0 Å². The molecule has 0 N–H and O–H groups in total. The maximum absolute atomic E-state index is 12.9. The Bertz CT molecular complexity index is 624. The summed E-state index contributed by atoms with van der Waals surface area (Å²) in [4.78, 5) is 28.6. The minimum Gasteiger partial charge on any atom is -0.342 e. The summed E-state index contributed by atoms with van der Waals surface area (Å²) in [6.07, 6.45) is 2.39. The summed E-state index contributed by atoms with van der Waals surface area (Å²) in [6.45, 7) is 8.38. The van der Waals surface area contributed by atoms with Crippen molar-refractivity contribution in [2.45, 2.75) is 46.0 Å². The minimum absolute atomic E-state index is 0.109. The number of nitrogens with zero attached hydrogens (tertiary/aromatic N) is 2. The van der Waals surface area contributed by atoms with Crippen LogP contribution in [0.25, 0.3) is 0 Å². The van der Waals surface area contributed by atoms with Crippen molar-refractivity contribution >= 4 is 17.5 Å². The van der Waals surface area contributed by atoms with E-state index in [4.69, 9.17) is 0 Å². The van der Waals surface area contributed by atoms with Gasteiger partial charge in [-0.05, 0) is 42.9 Å². The third kappa shape index (κ3) is 2.99. The molecule has 1 aromatic carbocycles. The zero-order chi connectivity index (χ0) is 16.6. The van der Waals surface area contributed by atoms with Gasteiger partial charge in [-0.15, -0.1) is 0 Å². The first kappa shape index (κ1) is 16.0. The molecule has 0 bridgehead atoms. The van der Waals surface area contributed by atoms with Crippen LogP contribution in [0.3, 0.4) is 0 Å². The van der Waals surface area contributed by atoms with Gasteiger partial charge in [0.05, 0.1) is 5.92 Å². The fraction of sp³-hybridized carbons (Fsp3) is 0.579. The van der Waals surface area contributed by atoms with Gasteiger partial charge in [0.2, 0.25) is 11.8 Å². The van der Waals surface area contributed by atoms with E-state index in [1.165, 1.54) is 11.1 Å². The van der Waals surface area contributed by atoms with Crippen LogP contribution >= 0.6 is 0 Å². The Balaban J connectivity index is 1.83. The summed E-state index contributed by atoms with van der Waals surface area (Å²) in [5.74, 6) is 0.543. The van der Waals surface area contributed by atoms with E-state index in [1.807, 2.05) is 11.8 Å². The molecular weight excluding hydrogens is 288 g/mol. The topological polar surface area (TPSA) is 40.6 Å². The van der Waals surface area contributed by atoms with Crippen molar-refractivity contribution in [3.8, 4) is 0 Å². The van der Waals surface area contributed by atoms with Crippen LogP contribution in [0.4, 0.5) is 5.69 Å². The number of benzene rings is 1. The van der Waals surface area contributed by atoms with Crippen molar-refractivity contribution in [2.24, 2.45) is 5.92 Å². The Morgan fingerprint density at radius 2 is 2.13 bits per heavy atom. The van der Waals surface area contributed by atoms with Crippen molar-refractivity contribution in [3.05, 3.63) is 29.3 Å². The molecule has 2 aliphatic rings. The van der Waals surface area contributed by atoms with E-state index in [0.717, 1.165) is 25.1 Å². The fourth-order valence-electron chi connectivity index (χ4n) is 3.67. The molecule has 1 fully saturated rings. The number of rotatable bonds is 3. The van der Waals surface area contributed by atoms with E-state index in [-0.39, 0.29) is 17.7 Å². The maximum atomic E-state index is 12.9. The summed E-state index contributed by atoms with van der Waals surface area (Å²) in [5, 5.41) is 0. The third-order valence-corrected chi connectivity index (χ3v) is 5.10. The standard InChI is InChI=1S/C19H26N2O2/c1-4-20-12-16(11-18(20)22)19(23)21-9-5-6-15-10-14(13(2)3)7-8-17(15)21/h7-8,10,13,16H,4-6,9,11-12H2,1-3H3/t16-/m0/s1. The molecular formula is C19H26N2O2. The molecule has 0 spiro atoms. The number of anilines is 1. The van der Waals surface area contributed by atoms with Gasteiger partial charge in [0.15, 0.2) is 0 Å². The summed E-state index contributed by atoms with van der Waals surface area (Å²) >= 11 is 0. The van der Waals surface area contributed by atoms with Gasteiger partial charge in [-0.3, -0.25) is 9.59 Å². The van der Waals surface area contributed by atoms with Crippen LogP contribution in [0.1, 0.15) is 50.7 Å². The first-order chi connectivity index (χ1) is 11.0. The molecule has 4 heteroatoms. The van der Waals surface area contributed by atoms with Crippen LogP contribution in [0, 0.1) is 5.92 Å². The van der Waals surface area contributed by atoms with Crippen LogP contribution in [0.5, 0.6) is 0 Å². The van der Waals surface area contributed by atoms with Gasteiger partial charge in [-0.25, -0.2) is 0 Å². The van der Waals surface area contributed by atoms with Crippen LogP contribution in [-0.4, -0.2) is 36.3 Å². The van der Waals surface area contributed by atoms with Crippen molar-refractivity contribution < 1.29 is 9.59 Å². The second kappa shape index (κ2) is 6.34. The second-order valence-corrected chi connectivity index (χ2v) is 6.97. The molecule has 1 atom stereocenters. The Hall–Kier alpha value is -1.84. The summed E-state index contributed by atoms with van der Waals surface area (Å²) in [7, 11) is 0. The highest BCUT2D eigenvalue weighted by molar-refractivity contribution is 5.99. The maximum Gasteiger partial charge on any atom is 0.232 e. The monoisotopic (exact) mass is 314 g/mol. The van der Waals surface area contributed by atoms with Gasteiger partial charge in [0, 0.05) is 31.7 Å². The number of aryl methyl sites for hydroxylation is 1. The molecule has 0 unspecified atom stereocenters. The molecule has 2 amide bonds. The van der Waals surface area contributed by atoms with Gasteiger partial charge in [-0.1, -0.05) is 26.0 Å². The SMILES string of the molecule is CCN1C[C@@H](C(=O)N2CCCc3cc(C(C)C)ccc32)CC1=O. The van der Waals surface area contributed by atoms with Gasteiger partial charge in [-0.2, -0.15) is 0 Å². The largest absolute Gasteiger partial charge is 0.342 e. The lowest BCUT2D eigenvalue weighted by molar-refractivity contribution is -0.128. The van der Waals surface area contributed by atoms with Gasteiger partial charge in [0.25, 0.3) is 0 Å². The van der Waals surface area contributed by atoms with Crippen molar-refractivity contribution in [1.82, 2.24) is 4.90 Å². The second-order valence-electron chi connectivity index (χ2n) is 6.97. The Labute approximate surface area is 138 Å². The van der Waals surface area contributed by atoms with Gasteiger partial charge in [0.1, 0.15) is 0 Å². The number of likely N-dealkylation sites (tertiary alicyclic amines) is 1. The molecule has 0 radical (unpaired) electrons. The van der Waals surface area contributed by atoms with Gasteiger partial charge >= 0.3 is 0 Å². The molecule has 2 aliphatic heterocycles. The molecule has 3 rings (SSSR count). The number of amides is 2. The number of carbonyl (C=O) groups is 2. The average Bonchev–Trinajstić information content (AvgIpc) is 2.94. The molecule has 23 heavy (non-hydrogen) atoms. The van der Waals surface area contributed by atoms with Crippen molar-refractivity contribution in [1.29, 1.82) is 0 Å². The van der Waals surface area contributed by atoms with Crippen LogP contribution in [0.2, 0.25) is 0 Å². The quantitative estimate of drug-likeness (QED) is 0.860. The van der Waals surface area contributed by atoms with E-state index in [9.17, 15) is 9.59 Å². The summed E-state index contributed by atoms with van der Waals surface area (Å²) < 4.78 is 0. The number of carbonyl (C=O) groups excluding carboxylic acids is 2.